The minimum Gasteiger partial charge on any atom is -0.320 e. The highest BCUT2D eigenvalue weighted by Crippen LogP contribution is 2.16. The highest BCUT2D eigenvalue weighted by atomic mass is 32.3. The SMILES string of the molecule is Cc1ccc(NS(=O)(=O)CS(C)(=O)=O)cc1C#CCN. The average molecular weight is 316 g/mol. The summed E-state index contributed by atoms with van der Waals surface area (Å²) in [6.07, 6.45) is 0.861. The second-order valence-electron chi connectivity index (χ2n) is 4.30. The molecule has 0 aliphatic rings. The van der Waals surface area contributed by atoms with Gasteiger partial charge in [-0.05, 0) is 24.6 Å². The average Bonchev–Trinajstić information content (AvgIpc) is 2.26. The summed E-state index contributed by atoms with van der Waals surface area (Å²) in [6, 6.07) is 4.78. The third-order valence-corrected chi connectivity index (χ3v) is 5.71. The molecule has 0 fully saturated rings. The van der Waals surface area contributed by atoms with Crippen molar-refractivity contribution in [2.75, 3.05) is 22.6 Å². The molecule has 6 nitrogen and oxygen atoms in total. The number of anilines is 1. The van der Waals surface area contributed by atoms with Crippen molar-refractivity contribution >= 4 is 25.5 Å². The molecule has 3 N–H and O–H groups in total. The number of hydrogen-bond acceptors (Lipinski definition) is 5. The van der Waals surface area contributed by atoms with Crippen molar-refractivity contribution < 1.29 is 16.8 Å². The molecule has 0 atom stereocenters. The van der Waals surface area contributed by atoms with Crippen LogP contribution in [0.5, 0.6) is 0 Å². The van der Waals surface area contributed by atoms with Crippen LogP contribution in [0.25, 0.3) is 0 Å². The first-order chi connectivity index (χ1) is 9.13. The Balaban J connectivity index is 3.05. The number of sulfonamides is 1. The van der Waals surface area contributed by atoms with Crippen LogP contribution in [0.4, 0.5) is 5.69 Å². The molecule has 110 valence electrons. The Morgan fingerprint density at radius 1 is 1.25 bits per heavy atom. The van der Waals surface area contributed by atoms with Crippen LogP contribution in [0.3, 0.4) is 0 Å². The van der Waals surface area contributed by atoms with E-state index in [1.807, 2.05) is 6.92 Å². The molecule has 0 aromatic heterocycles. The van der Waals surface area contributed by atoms with Crippen LogP contribution in [0.15, 0.2) is 18.2 Å². The fourth-order valence-corrected chi connectivity index (χ4v) is 4.43. The van der Waals surface area contributed by atoms with Gasteiger partial charge in [-0.3, -0.25) is 4.72 Å². The zero-order valence-corrected chi connectivity index (χ0v) is 12.8. The Labute approximate surface area is 119 Å². The molecule has 0 spiro atoms. The van der Waals surface area contributed by atoms with E-state index >= 15 is 0 Å². The van der Waals surface area contributed by atoms with Crippen LogP contribution in [0.2, 0.25) is 0 Å². The standard InChI is InChI=1S/C12H16N2O4S2/c1-10-5-6-12(8-11(10)4-3-7-13)14-20(17,18)9-19(2,15)16/h5-6,8,14H,7,9,13H2,1-2H3. The van der Waals surface area contributed by atoms with E-state index < -0.39 is 24.9 Å². The van der Waals surface area contributed by atoms with Crippen molar-refractivity contribution in [1.82, 2.24) is 0 Å². The van der Waals surface area contributed by atoms with E-state index in [4.69, 9.17) is 5.73 Å². The van der Waals surface area contributed by atoms with E-state index in [-0.39, 0.29) is 12.2 Å². The molecule has 20 heavy (non-hydrogen) atoms. The molecule has 1 rings (SSSR count). The lowest BCUT2D eigenvalue weighted by atomic mass is 10.1. The summed E-state index contributed by atoms with van der Waals surface area (Å²) in [5.41, 5.74) is 7.05. The van der Waals surface area contributed by atoms with E-state index in [1.165, 1.54) is 6.07 Å². The van der Waals surface area contributed by atoms with Crippen molar-refractivity contribution in [1.29, 1.82) is 0 Å². The predicted octanol–water partition coefficient (Wildman–Crippen LogP) is 0.0490. The molecule has 0 unspecified atom stereocenters. The lowest BCUT2D eigenvalue weighted by molar-refractivity contribution is 0.595. The quantitative estimate of drug-likeness (QED) is 0.763. The Kier molecular flexibility index (Phi) is 5.16. The maximum Gasteiger partial charge on any atom is 0.247 e. The van der Waals surface area contributed by atoms with E-state index in [0.29, 0.717) is 5.56 Å². The topological polar surface area (TPSA) is 106 Å². The predicted molar refractivity (Wildman–Crippen MR) is 79.4 cm³/mol. The first kappa shape index (κ1) is 16.5. The Morgan fingerprint density at radius 2 is 1.90 bits per heavy atom. The molecular formula is C12H16N2O4S2. The summed E-state index contributed by atoms with van der Waals surface area (Å²) in [5, 5.41) is -0.961. The van der Waals surface area contributed by atoms with Gasteiger partial charge in [0, 0.05) is 17.5 Å². The zero-order valence-electron chi connectivity index (χ0n) is 11.2. The fraction of sp³-hybridized carbons (Fsp3) is 0.333. The van der Waals surface area contributed by atoms with Crippen molar-refractivity contribution in [3.05, 3.63) is 29.3 Å². The zero-order chi connectivity index (χ0) is 15.4. The minimum atomic E-state index is -3.95. The molecule has 8 heteroatoms. The van der Waals surface area contributed by atoms with Crippen molar-refractivity contribution in [2.45, 2.75) is 6.92 Å². The second-order valence-corrected chi connectivity index (χ2v) is 8.52. The summed E-state index contributed by atoms with van der Waals surface area (Å²) in [7, 11) is -7.58. The number of nitrogens with two attached hydrogens (primary N) is 1. The van der Waals surface area contributed by atoms with Crippen LogP contribution >= 0.6 is 0 Å². The fourth-order valence-electron chi connectivity index (χ4n) is 1.46. The van der Waals surface area contributed by atoms with Crippen molar-refractivity contribution in [3.8, 4) is 11.8 Å². The van der Waals surface area contributed by atoms with Gasteiger partial charge in [0.25, 0.3) is 0 Å². The molecule has 0 saturated carbocycles. The molecule has 0 amide bonds. The summed E-state index contributed by atoms with van der Waals surface area (Å²) in [5.74, 6) is 5.50. The largest absolute Gasteiger partial charge is 0.320 e. The van der Waals surface area contributed by atoms with Crippen LogP contribution in [-0.4, -0.2) is 34.7 Å². The lowest BCUT2D eigenvalue weighted by Crippen LogP contribution is -2.22. The number of nitrogens with one attached hydrogen (secondary N) is 1. The first-order valence-electron chi connectivity index (χ1n) is 5.61. The van der Waals surface area contributed by atoms with Crippen LogP contribution in [-0.2, 0) is 19.9 Å². The van der Waals surface area contributed by atoms with Gasteiger partial charge in [0.2, 0.25) is 10.0 Å². The number of hydrogen-bond donors (Lipinski definition) is 2. The summed E-state index contributed by atoms with van der Waals surface area (Å²) in [4.78, 5) is 0. The number of aryl methyl sites for hydroxylation is 1. The molecule has 0 aliphatic carbocycles. The van der Waals surface area contributed by atoms with E-state index in [0.717, 1.165) is 11.8 Å². The maximum absolute atomic E-state index is 11.7. The highest BCUT2D eigenvalue weighted by Gasteiger charge is 2.18. The smallest absolute Gasteiger partial charge is 0.247 e. The molecular weight excluding hydrogens is 300 g/mol. The maximum atomic E-state index is 11.7. The van der Waals surface area contributed by atoms with Crippen molar-refractivity contribution in [3.63, 3.8) is 0 Å². The van der Waals surface area contributed by atoms with Crippen LogP contribution < -0.4 is 10.5 Å². The van der Waals surface area contributed by atoms with Gasteiger partial charge in [0.15, 0.2) is 14.9 Å². The van der Waals surface area contributed by atoms with Gasteiger partial charge in [0.05, 0.1) is 6.54 Å². The molecule has 1 aromatic rings. The highest BCUT2D eigenvalue weighted by molar-refractivity contribution is 8.08. The summed E-state index contributed by atoms with van der Waals surface area (Å²) in [6.45, 7) is 2.03. The third-order valence-electron chi connectivity index (χ3n) is 2.21. The molecule has 0 radical (unpaired) electrons. The van der Waals surface area contributed by atoms with Crippen LogP contribution in [0.1, 0.15) is 11.1 Å². The van der Waals surface area contributed by atoms with E-state index in [1.54, 1.807) is 12.1 Å². The Bertz CT molecular complexity index is 756. The van der Waals surface area contributed by atoms with Gasteiger partial charge in [-0.25, -0.2) is 16.8 Å². The lowest BCUT2D eigenvalue weighted by Gasteiger charge is -2.08. The van der Waals surface area contributed by atoms with E-state index in [9.17, 15) is 16.8 Å². The van der Waals surface area contributed by atoms with Gasteiger partial charge >= 0.3 is 0 Å². The van der Waals surface area contributed by atoms with Gasteiger partial charge in [0.1, 0.15) is 0 Å². The molecule has 0 saturated heterocycles. The molecule has 0 bridgehead atoms. The molecule has 0 aliphatic heterocycles. The van der Waals surface area contributed by atoms with Gasteiger partial charge in [-0.1, -0.05) is 17.9 Å². The molecule has 0 heterocycles. The summed E-state index contributed by atoms with van der Waals surface area (Å²) < 4.78 is 47.7. The van der Waals surface area contributed by atoms with Gasteiger partial charge in [-0.2, -0.15) is 0 Å². The first-order valence-corrected chi connectivity index (χ1v) is 9.32. The number of benzene rings is 1. The Hall–Kier alpha value is -1.56. The normalized spacial score (nSPS) is 11.6. The number of sulfone groups is 1. The van der Waals surface area contributed by atoms with Gasteiger partial charge in [-0.15, -0.1) is 0 Å². The van der Waals surface area contributed by atoms with Crippen LogP contribution in [0, 0.1) is 18.8 Å². The third kappa shape index (κ3) is 5.61. The van der Waals surface area contributed by atoms with Gasteiger partial charge < -0.3 is 5.73 Å². The monoisotopic (exact) mass is 316 g/mol. The van der Waals surface area contributed by atoms with Crippen molar-refractivity contribution in [2.24, 2.45) is 5.73 Å². The van der Waals surface area contributed by atoms with E-state index in [2.05, 4.69) is 16.6 Å². The second kappa shape index (κ2) is 6.26. The number of rotatable bonds is 4. The minimum absolute atomic E-state index is 0.198. The molecule has 1 aromatic carbocycles. The summed E-state index contributed by atoms with van der Waals surface area (Å²) >= 11 is 0. The Morgan fingerprint density at radius 3 is 2.45 bits per heavy atom.